The maximum Gasteiger partial charge on any atom is 0.320 e. The van der Waals surface area contributed by atoms with Crippen molar-refractivity contribution in [3.05, 3.63) is 60.2 Å². The number of guanidine groups is 1. The molecule has 1 aliphatic rings. The molecule has 2 aromatic carbocycles. The van der Waals surface area contributed by atoms with Gasteiger partial charge in [0, 0.05) is 0 Å². The lowest BCUT2D eigenvalue weighted by atomic mass is 10.00. The standard InChI is InChI=1S/C19H22N6O3/c1-12(18(27)28)20-16(17(26)21-19-22-24-25-23-19)11-13-7-9-15(10-8-13)14-5-3-2-4-6-14/h2-10,12,16,20,24-25H,11H2,1H3,(H,27,28)(H2,21,22,23,26)/t12-,16?/m0/s1. The Morgan fingerprint density at radius 1 is 1.07 bits per heavy atom. The average Bonchev–Trinajstić information content (AvgIpc) is 3.21. The van der Waals surface area contributed by atoms with Gasteiger partial charge >= 0.3 is 5.97 Å². The van der Waals surface area contributed by atoms with Crippen LogP contribution in [0.15, 0.2) is 59.7 Å². The van der Waals surface area contributed by atoms with Crippen LogP contribution in [0.25, 0.3) is 11.1 Å². The van der Waals surface area contributed by atoms with Crippen LogP contribution < -0.4 is 27.1 Å². The van der Waals surface area contributed by atoms with Gasteiger partial charge in [0.2, 0.25) is 11.9 Å². The van der Waals surface area contributed by atoms with Gasteiger partial charge in [-0.15, -0.1) is 10.6 Å². The summed E-state index contributed by atoms with van der Waals surface area (Å²) in [4.78, 5) is 23.8. The lowest BCUT2D eigenvalue weighted by Crippen LogP contribution is -2.54. The number of carbonyl (C=O) groups is 2. The molecule has 1 unspecified atom stereocenters. The molecule has 3 rings (SSSR count). The van der Waals surface area contributed by atoms with Gasteiger partial charge in [0.15, 0.2) is 0 Å². The van der Waals surface area contributed by atoms with Crippen molar-refractivity contribution in [1.82, 2.24) is 27.1 Å². The maximum atomic E-state index is 12.6. The molecule has 0 saturated carbocycles. The second kappa shape index (κ2) is 8.98. The fourth-order valence-electron chi connectivity index (χ4n) is 2.76. The molecule has 2 atom stereocenters. The molecule has 2 aromatic rings. The van der Waals surface area contributed by atoms with Crippen LogP contribution in [-0.4, -0.2) is 35.0 Å². The molecule has 6 N–H and O–H groups in total. The fourth-order valence-corrected chi connectivity index (χ4v) is 2.76. The molecule has 28 heavy (non-hydrogen) atoms. The van der Waals surface area contributed by atoms with Gasteiger partial charge in [0.1, 0.15) is 6.04 Å². The highest BCUT2D eigenvalue weighted by Gasteiger charge is 2.25. The van der Waals surface area contributed by atoms with E-state index < -0.39 is 24.0 Å². The number of hydrogen-bond donors (Lipinski definition) is 6. The Balaban J connectivity index is 1.72. The topological polar surface area (TPSA) is 127 Å². The molecular formula is C19H22N6O3. The molecular weight excluding hydrogens is 360 g/mol. The molecule has 1 heterocycles. The molecule has 0 radical (unpaired) electrons. The van der Waals surface area contributed by atoms with Crippen molar-refractivity contribution in [1.29, 1.82) is 0 Å². The quantitative estimate of drug-likeness (QED) is 0.407. The number of hydrazine groups is 2. The Hall–Kier alpha value is -3.43. The van der Waals surface area contributed by atoms with E-state index in [0.717, 1.165) is 16.7 Å². The van der Waals surface area contributed by atoms with Crippen LogP contribution >= 0.6 is 0 Å². The highest BCUT2D eigenvalue weighted by atomic mass is 16.4. The predicted molar refractivity (Wildman–Crippen MR) is 105 cm³/mol. The Labute approximate surface area is 162 Å². The lowest BCUT2D eigenvalue weighted by Gasteiger charge is -2.21. The molecule has 0 bridgehead atoms. The van der Waals surface area contributed by atoms with Crippen LogP contribution in [0.1, 0.15) is 12.5 Å². The number of nitrogens with zero attached hydrogens (tertiary/aromatic N) is 1. The SMILES string of the molecule is C[C@H](NC(Cc1ccc(-c2ccccc2)cc1)C(=O)NC1=NNNN1)C(=O)O. The van der Waals surface area contributed by atoms with E-state index in [9.17, 15) is 14.7 Å². The monoisotopic (exact) mass is 382 g/mol. The molecule has 1 amide bonds. The summed E-state index contributed by atoms with van der Waals surface area (Å²) in [7, 11) is 0. The van der Waals surface area contributed by atoms with Crippen LogP contribution in [0.4, 0.5) is 0 Å². The van der Waals surface area contributed by atoms with E-state index in [-0.39, 0.29) is 5.96 Å². The minimum Gasteiger partial charge on any atom is -0.480 e. The molecule has 0 spiro atoms. The van der Waals surface area contributed by atoms with E-state index in [1.165, 1.54) is 6.92 Å². The van der Waals surface area contributed by atoms with Gasteiger partial charge in [0.05, 0.1) is 6.04 Å². The number of aliphatic carboxylic acids is 1. The van der Waals surface area contributed by atoms with E-state index in [4.69, 9.17) is 0 Å². The Morgan fingerprint density at radius 3 is 2.36 bits per heavy atom. The van der Waals surface area contributed by atoms with Crippen molar-refractivity contribution in [3.63, 3.8) is 0 Å². The smallest absolute Gasteiger partial charge is 0.320 e. The summed E-state index contributed by atoms with van der Waals surface area (Å²) < 4.78 is 0. The number of benzene rings is 2. The summed E-state index contributed by atoms with van der Waals surface area (Å²) >= 11 is 0. The molecule has 9 nitrogen and oxygen atoms in total. The number of rotatable bonds is 7. The third-order valence-corrected chi connectivity index (χ3v) is 4.29. The van der Waals surface area contributed by atoms with Crippen molar-refractivity contribution in [2.24, 2.45) is 5.10 Å². The molecule has 0 saturated heterocycles. The minimum absolute atomic E-state index is 0.208. The van der Waals surface area contributed by atoms with E-state index in [0.29, 0.717) is 6.42 Å². The Kier molecular flexibility index (Phi) is 6.20. The highest BCUT2D eigenvalue weighted by Crippen LogP contribution is 2.19. The number of hydrazone groups is 1. The zero-order valence-electron chi connectivity index (χ0n) is 15.3. The van der Waals surface area contributed by atoms with Crippen molar-refractivity contribution < 1.29 is 14.7 Å². The zero-order valence-corrected chi connectivity index (χ0v) is 15.3. The van der Waals surface area contributed by atoms with Crippen molar-refractivity contribution in [3.8, 4) is 11.1 Å². The third-order valence-electron chi connectivity index (χ3n) is 4.29. The van der Waals surface area contributed by atoms with Gasteiger partial charge in [-0.25, -0.2) is 5.53 Å². The van der Waals surface area contributed by atoms with Crippen LogP contribution in [0, 0.1) is 0 Å². The largest absolute Gasteiger partial charge is 0.480 e. The van der Waals surface area contributed by atoms with E-state index in [1.807, 2.05) is 54.6 Å². The van der Waals surface area contributed by atoms with Gasteiger partial charge in [-0.3, -0.25) is 25.6 Å². The first-order valence-electron chi connectivity index (χ1n) is 8.80. The predicted octanol–water partition coefficient (Wildman–Crippen LogP) is 0.327. The number of amides is 1. The van der Waals surface area contributed by atoms with Crippen LogP contribution in [0.5, 0.6) is 0 Å². The van der Waals surface area contributed by atoms with E-state index in [1.54, 1.807) is 0 Å². The van der Waals surface area contributed by atoms with E-state index >= 15 is 0 Å². The molecule has 9 heteroatoms. The molecule has 0 fully saturated rings. The summed E-state index contributed by atoms with van der Waals surface area (Å²) in [6.07, 6.45) is 0.326. The van der Waals surface area contributed by atoms with Crippen molar-refractivity contribution in [2.45, 2.75) is 25.4 Å². The summed E-state index contributed by atoms with van der Waals surface area (Å²) in [6.45, 7) is 1.50. The van der Waals surface area contributed by atoms with Gasteiger partial charge in [0.25, 0.3) is 0 Å². The van der Waals surface area contributed by atoms with Crippen LogP contribution in [0.3, 0.4) is 0 Å². The number of carboxylic acids is 1. The molecule has 0 aliphatic carbocycles. The average molecular weight is 382 g/mol. The zero-order chi connectivity index (χ0) is 19.9. The number of hydrogen-bond acceptors (Lipinski definition) is 7. The summed E-state index contributed by atoms with van der Waals surface area (Å²) in [5, 5.41) is 18.4. The first-order valence-corrected chi connectivity index (χ1v) is 8.80. The summed E-state index contributed by atoms with van der Waals surface area (Å²) in [6, 6.07) is 16.2. The second-order valence-electron chi connectivity index (χ2n) is 6.36. The van der Waals surface area contributed by atoms with E-state index in [2.05, 4.69) is 32.2 Å². The molecule has 0 aromatic heterocycles. The first-order chi connectivity index (χ1) is 13.5. The molecule has 146 valence electrons. The minimum atomic E-state index is -1.03. The lowest BCUT2D eigenvalue weighted by molar-refractivity contribution is -0.139. The Bertz CT molecular complexity index is 854. The summed E-state index contributed by atoms with van der Waals surface area (Å²) in [5.41, 5.74) is 10.7. The third kappa shape index (κ3) is 5.06. The van der Waals surface area contributed by atoms with Gasteiger partial charge < -0.3 is 5.11 Å². The number of carbonyl (C=O) groups excluding carboxylic acids is 1. The number of carboxylic acid groups (broad SMARTS) is 1. The summed E-state index contributed by atoms with van der Waals surface area (Å²) in [5.74, 6) is -1.21. The van der Waals surface area contributed by atoms with Gasteiger partial charge in [-0.05, 0) is 30.0 Å². The fraction of sp³-hybridized carbons (Fsp3) is 0.211. The van der Waals surface area contributed by atoms with Crippen LogP contribution in [0.2, 0.25) is 0 Å². The molecule has 1 aliphatic heterocycles. The van der Waals surface area contributed by atoms with Crippen molar-refractivity contribution >= 4 is 17.8 Å². The Morgan fingerprint density at radius 2 is 1.75 bits per heavy atom. The van der Waals surface area contributed by atoms with Gasteiger partial charge in [-0.1, -0.05) is 54.6 Å². The second-order valence-corrected chi connectivity index (χ2v) is 6.36. The number of nitrogens with one attached hydrogen (secondary N) is 5. The normalized spacial score (nSPS) is 15.0. The first kappa shape index (κ1) is 19.3. The van der Waals surface area contributed by atoms with Crippen LogP contribution in [-0.2, 0) is 16.0 Å². The highest BCUT2D eigenvalue weighted by molar-refractivity contribution is 5.99. The van der Waals surface area contributed by atoms with Gasteiger partial charge in [-0.2, -0.15) is 0 Å². The van der Waals surface area contributed by atoms with Crippen molar-refractivity contribution in [2.75, 3.05) is 0 Å². The maximum absolute atomic E-state index is 12.6.